The molecule has 3 nitrogen and oxygen atoms in total. The van der Waals surface area contributed by atoms with Gasteiger partial charge in [0.15, 0.2) is 0 Å². The predicted molar refractivity (Wildman–Crippen MR) is 76.6 cm³/mol. The smallest absolute Gasteiger partial charge is 0.407 e. The molecule has 1 aromatic carbocycles. The molecule has 0 bridgehead atoms. The summed E-state index contributed by atoms with van der Waals surface area (Å²) in [5.74, 6) is 0.168. The van der Waals surface area contributed by atoms with E-state index in [1.807, 2.05) is 25.1 Å². The Hall–Kier alpha value is -1.13. The first-order chi connectivity index (χ1) is 8.87. The highest BCUT2D eigenvalue weighted by atomic mass is 16.6. The third-order valence-electron chi connectivity index (χ3n) is 3.30. The van der Waals surface area contributed by atoms with Crippen molar-refractivity contribution in [2.75, 3.05) is 13.2 Å². The van der Waals surface area contributed by atoms with Gasteiger partial charge in [0.1, 0.15) is 5.78 Å². The summed E-state index contributed by atoms with van der Waals surface area (Å²) in [5, 5.41) is 0. The molecule has 4 heteroatoms. The van der Waals surface area contributed by atoms with E-state index in [0.717, 1.165) is 16.6 Å². The van der Waals surface area contributed by atoms with Gasteiger partial charge in [-0.05, 0) is 24.9 Å². The summed E-state index contributed by atoms with van der Waals surface area (Å²) in [6, 6.07) is 6.05. The molecular formula is C15H21BO3. The molecule has 0 radical (unpaired) electrons. The third-order valence-corrected chi connectivity index (χ3v) is 3.30. The molecule has 19 heavy (non-hydrogen) atoms. The summed E-state index contributed by atoms with van der Waals surface area (Å²) in [5.41, 5.74) is 3.26. The Morgan fingerprint density at radius 2 is 1.95 bits per heavy atom. The second kappa shape index (κ2) is 5.47. The lowest BCUT2D eigenvalue weighted by Gasteiger charge is -2.33. The molecule has 1 heterocycles. The molecule has 2 rings (SSSR count). The van der Waals surface area contributed by atoms with E-state index >= 15 is 0 Å². The fourth-order valence-corrected chi connectivity index (χ4v) is 2.21. The van der Waals surface area contributed by atoms with E-state index in [9.17, 15) is 4.79 Å². The zero-order valence-electron chi connectivity index (χ0n) is 12.2. The molecule has 0 N–H and O–H groups in total. The number of rotatable bonds is 3. The topological polar surface area (TPSA) is 35.5 Å². The van der Waals surface area contributed by atoms with E-state index < -0.39 is 0 Å². The normalized spacial score (nSPS) is 18.4. The minimum absolute atomic E-state index is 0.0708. The summed E-state index contributed by atoms with van der Waals surface area (Å²) in [7, 11) is -0.306. The van der Waals surface area contributed by atoms with Gasteiger partial charge in [-0.2, -0.15) is 0 Å². The van der Waals surface area contributed by atoms with Crippen molar-refractivity contribution in [3.8, 4) is 0 Å². The van der Waals surface area contributed by atoms with Gasteiger partial charge in [0.2, 0.25) is 0 Å². The first-order valence-electron chi connectivity index (χ1n) is 6.69. The van der Waals surface area contributed by atoms with Gasteiger partial charge >= 0.3 is 7.12 Å². The summed E-state index contributed by atoms with van der Waals surface area (Å²) in [6.07, 6.45) is 0.464. The third kappa shape index (κ3) is 3.67. The highest BCUT2D eigenvalue weighted by Gasteiger charge is 2.34. The van der Waals surface area contributed by atoms with Crippen LogP contribution in [0.2, 0.25) is 0 Å². The summed E-state index contributed by atoms with van der Waals surface area (Å²) < 4.78 is 11.6. The quantitative estimate of drug-likeness (QED) is 0.778. The standard InChI is InChI=1S/C15H21BO3/c1-11-5-6-13(7-12(2)17)8-14(11)16-18-9-15(3,4)10-19-16/h5-6,8H,7,9-10H2,1-4H3. The van der Waals surface area contributed by atoms with E-state index in [2.05, 4.69) is 13.8 Å². The van der Waals surface area contributed by atoms with Crippen molar-refractivity contribution in [1.82, 2.24) is 0 Å². The Labute approximate surface area is 115 Å². The summed E-state index contributed by atoms with van der Waals surface area (Å²) >= 11 is 0. The Morgan fingerprint density at radius 1 is 1.32 bits per heavy atom. The van der Waals surface area contributed by atoms with E-state index in [4.69, 9.17) is 9.31 Å². The van der Waals surface area contributed by atoms with Crippen LogP contribution in [0.15, 0.2) is 18.2 Å². The Balaban J connectivity index is 2.17. The van der Waals surface area contributed by atoms with Crippen LogP contribution in [-0.4, -0.2) is 26.1 Å². The molecule has 0 amide bonds. The maximum atomic E-state index is 11.2. The molecule has 1 aromatic rings. The lowest BCUT2D eigenvalue weighted by atomic mass is 9.73. The molecule has 1 saturated heterocycles. The van der Waals surface area contributed by atoms with Gasteiger partial charge < -0.3 is 9.31 Å². The van der Waals surface area contributed by atoms with E-state index in [0.29, 0.717) is 19.6 Å². The van der Waals surface area contributed by atoms with Crippen molar-refractivity contribution in [1.29, 1.82) is 0 Å². The average Bonchev–Trinajstić information content (AvgIpc) is 2.31. The van der Waals surface area contributed by atoms with Gasteiger partial charge in [0.25, 0.3) is 0 Å². The minimum Gasteiger partial charge on any atom is -0.407 e. The number of carbonyl (C=O) groups is 1. The lowest BCUT2D eigenvalue weighted by Crippen LogP contribution is -2.48. The molecule has 0 saturated carbocycles. The Morgan fingerprint density at radius 3 is 2.53 bits per heavy atom. The Bertz CT molecular complexity index is 472. The highest BCUT2D eigenvalue weighted by molar-refractivity contribution is 6.62. The molecule has 0 aromatic heterocycles. The molecule has 0 unspecified atom stereocenters. The van der Waals surface area contributed by atoms with Crippen LogP contribution in [0.1, 0.15) is 31.9 Å². The summed E-state index contributed by atoms with van der Waals surface area (Å²) in [6.45, 7) is 9.28. The number of aryl methyl sites for hydroxylation is 1. The van der Waals surface area contributed by atoms with Crippen molar-refractivity contribution in [2.24, 2.45) is 5.41 Å². The van der Waals surface area contributed by atoms with Crippen LogP contribution in [0.25, 0.3) is 0 Å². The number of benzene rings is 1. The fraction of sp³-hybridized carbons (Fsp3) is 0.533. The molecule has 1 aliphatic heterocycles. The van der Waals surface area contributed by atoms with Crippen LogP contribution in [0.3, 0.4) is 0 Å². The van der Waals surface area contributed by atoms with Crippen molar-refractivity contribution in [3.63, 3.8) is 0 Å². The number of hydrogen-bond donors (Lipinski definition) is 0. The van der Waals surface area contributed by atoms with E-state index in [-0.39, 0.29) is 18.3 Å². The average molecular weight is 260 g/mol. The first kappa shape index (κ1) is 14.3. The SMILES string of the molecule is CC(=O)Cc1ccc(C)c(B2OCC(C)(C)CO2)c1. The molecular weight excluding hydrogens is 239 g/mol. The molecule has 1 aliphatic rings. The maximum absolute atomic E-state index is 11.2. The van der Waals surface area contributed by atoms with Crippen LogP contribution in [0.5, 0.6) is 0 Å². The largest absolute Gasteiger partial charge is 0.494 e. The lowest BCUT2D eigenvalue weighted by molar-refractivity contribution is -0.116. The zero-order valence-corrected chi connectivity index (χ0v) is 12.2. The second-order valence-electron chi connectivity index (χ2n) is 6.19. The number of Topliss-reactive ketones (excluding diaryl/α,β-unsaturated/α-hetero) is 1. The highest BCUT2D eigenvalue weighted by Crippen LogP contribution is 2.22. The zero-order chi connectivity index (χ0) is 14.0. The Kier molecular flexibility index (Phi) is 4.12. The van der Waals surface area contributed by atoms with Gasteiger partial charge in [0.05, 0.1) is 0 Å². The monoisotopic (exact) mass is 260 g/mol. The molecule has 0 aliphatic carbocycles. The van der Waals surface area contributed by atoms with Crippen LogP contribution < -0.4 is 5.46 Å². The van der Waals surface area contributed by atoms with Crippen molar-refractivity contribution in [2.45, 2.75) is 34.1 Å². The van der Waals surface area contributed by atoms with Gasteiger partial charge in [-0.3, -0.25) is 4.79 Å². The number of ketones is 1. The van der Waals surface area contributed by atoms with Crippen LogP contribution >= 0.6 is 0 Å². The van der Waals surface area contributed by atoms with Crippen LogP contribution in [0, 0.1) is 12.3 Å². The predicted octanol–water partition coefficient (Wildman–Crippen LogP) is 1.89. The molecule has 102 valence electrons. The first-order valence-corrected chi connectivity index (χ1v) is 6.69. The van der Waals surface area contributed by atoms with Crippen LogP contribution in [0.4, 0.5) is 0 Å². The van der Waals surface area contributed by atoms with Gasteiger partial charge in [-0.15, -0.1) is 0 Å². The van der Waals surface area contributed by atoms with Crippen LogP contribution in [-0.2, 0) is 20.5 Å². The van der Waals surface area contributed by atoms with Gasteiger partial charge in [-0.25, -0.2) is 0 Å². The molecule has 0 atom stereocenters. The summed E-state index contributed by atoms with van der Waals surface area (Å²) in [4.78, 5) is 11.2. The molecule has 0 spiro atoms. The van der Waals surface area contributed by atoms with E-state index in [1.54, 1.807) is 6.92 Å². The number of hydrogen-bond acceptors (Lipinski definition) is 3. The van der Waals surface area contributed by atoms with Gasteiger partial charge in [-0.1, -0.05) is 37.6 Å². The minimum atomic E-state index is -0.306. The van der Waals surface area contributed by atoms with Crippen molar-refractivity contribution >= 4 is 18.4 Å². The second-order valence-corrected chi connectivity index (χ2v) is 6.19. The maximum Gasteiger partial charge on any atom is 0.494 e. The number of carbonyl (C=O) groups excluding carboxylic acids is 1. The molecule has 1 fully saturated rings. The fourth-order valence-electron chi connectivity index (χ4n) is 2.21. The van der Waals surface area contributed by atoms with Crippen molar-refractivity contribution in [3.05, 3.63) is 29.3 Å². The van der Waals surface area contributed by atoms with Crippen molar-refractivity contribution < 1.29 is 14.1 Å². The van der Waals surface area contributed by atoms with E-state index in [1.165, 1.54) is 0 Å². The van der Waals surface area contributed by atoms with Gasteiger partial charge in [0, 0.05) is 25.0 Å².